The molecule has 0 aliphatic carbocycles. The fourth-order valence-corrected chi connectivity index (χ4v) is 5.10. The van der Waals surface area contributed by atoms with Crippen molar-refractivity contribution in [1.29, 1.82) is 0 Å². The fraction of sp³-hybridized carbons (Fsp3) is 0.360. The minimum atomic E-state index is -1.48. The fourth-order valence-electron chi connectivity index (χ4n) is 4.77. The molecule has 1 N–H and O–H groups in total. The van der Waals surface area contributed by atoms with Crippen LogP contribution in [0.5, 0.6) is 0 Å². The van der Waals surface area contributed by atoms with E-state index in [1.807, 2.05) is 42.2 Å². The summed E-state index contributed by atoms with van der Waals surface area (Å²) in [6.07, 6.45) is 1.14. The van der Waals surface area contributed by atoms with Gasteiger partial charge in [-0.3, -0.25) is 9.69 Å². The number of hydrogen-bond donors (Lipinski definition) is 1. The molecule has 4 rings (SSSR count). The maximum absolute atomic E-state index is 14.4. The molecule has 0 saturated carbocycles. The number of halogens is 4. The van der Waals surface area contributed by atoms with Crippen molar-refractivity contribution in [2.75, 3.05) is 13.6 Å². The summed E-state index contributed by atoms with van der Waals surface area (Å²) < 4.78 is 43.7. The number of fused-ring (bicyclic) bond motifs is 1. The number of aryl methyl sites for hydroxylation is 2. The van der Waals surface area contributed by atoms with Gasteiger partial charge in [0.25, 0.3) is 0 Å². The van der Waals surface area contributed by atoms with Crippen molar-refractivity contribution >= 4 is 17.5 Å². The Kier molecular flexibility index (Phi) is 7.28. The molecule has 1 aliphatic rings. The molecule has 0 fully saturated rings. The second kappa shape index (κ2) is 10.2. The number of carbonyl (C=O) groups is 1. The summed E-state index contributed by atoms with van der Waals surface area (Å²) in [6, 6.07) is 10.6. The Morgan fingerprint density at radius 1 is 1.15 bits per heavy atom. The maximum atomic E-state index is 14.4. The van der Waals surface area contributed by atoms with Crippen LogP contribution in [0, 0.1) is 17.5 Å². The Morgan fingerprint density at radius 3 is 2.56 bits per heavy atom. The average Bonchev–Trinajstić information content (AvgIpc) is 3.19. The number of rotatable bonds is 7. The van der Waals surface area contributed by atoms with E-state index in [0.29, 0.717) is 31.1 Å². The molecule has 3 aromatic rings. The zero-order valence-electron chi connectivity index (χ0n) is 19.0. The molecule has 2 aromatic carbocycles. The molecule has 0 unspecified atom stereocenters. The van der Waals surface area contributed by atoms with E-state index in [1.54, 1.807) is 7.05 Å². The lowest BCUT2D eigenvalue weighted by atomic mass is 9.95. The summed E-state index contributed by atoms with van der Waals surface area (Å²) >= 11 is 6.58. The Morgan fingerprint density at radius 2 is 1.88 bits per heavy atom. The number of benzene rings is 2. The van der Waals surface area contributed by atoms with Crippen LogP contribution in [0.1, 0.15) is 48.1 Å². The van der Waals surface area contributed by atoms with Gasteiger partial charge in [-0.2, -0.15) is 0 Å². The number of carbonyl (C=O) groups excluding carboxylic acids is 1. The van der Waals surface area contributed by atoms with E-state index in [9.17, 15) is 18.0 Å². The first-order chi connectivity index (χ1) is 16.4. The lowest BCUT2D eigenvalue weighted by molar-refractivity contribution is -0.128. The molecular formula is C25H26ClF3N4O. The highest BCUT2D eigenvalue weighted by Gasteiger charge is 2.39. The molecule has 180 valence electrons. The van der Waals surface area contributed by atoms with Crippen LogP contribution < -0.4 is 5.32 Å². The van der Waals surface area contributed by atoms with Crippen molar-refractivity contribution in [2.24, 2.45) is 0 Å². The van der Waals surface area contributed by atoms with Gasteiger partial charge >= 0.3 is 0 Å². The lowest BCUT2D eigenvalue weighted by Gasteiger charge is -2.41. The van der Waals surface area contributed by atoms with Crippen LogP contribution in [-0.4, -0.2) is 34.0 Å². The van der Waals surface area contributed by atoms with E-state index in [2.05, 4.69) is 14.9 Å². The molecule has 0 spiro atoms. The van der Waals surface area contributed by atoms with Crippen LogP contribution >= 0.6 is 11.6 Å². The molecule has 1 aliphatic heterocycles. The highest BCUT2D eigenvalue weighted by atomic mass is 35.5. The van der Waals surface area contributed by atoms with Crippen molar-refractivity contribution in [3.8, 4) is 0 Å². The normalized spacial score (nSPS) is 16.8. The second-order valence-corrected chi connectivity index (χ2v) is 8.62. The Labute approximate surface area is 201 Å². The third-order valence-electron chi connectivity index (χ3n) is 6.40. The minimum absolute atomic E-state index is 0.0681. The molecule has 0 saturated heterocycles. The molecule has 9 heteroatoms. The number of likely N-dealkylation sites (N-methyl/N-ethyl adjacent to an activating group) is 1. The highest BCUT2D eigenvalue weighted by Crippen LogP contribution is 2.40. The molecule has 2 atom stereocenters. The van der Waals surface area contributed by atoms with Crippen LogP contribution in [0.3, 0.4) is 0 Å². The first-order valence-corrected chi connectivity index (χ1v) is 11.6. The number of amides is 1. The highest BCUT2D eigenvalue weighted by molar-refractivity contribution is 6.30. The third-order valence-corrected chi connectivity index (χ3v) is 6.68. The molecule has 2 heterocycles. The van der Waals surface area contributed by atoms with Gasteiger partial charge in [0.05, 0.1) is 11.7 Å². The number of hydrogen-bond acceptors (Lipinski definition) is 3. The lowest BCUT2D eigenvalue weighted by Crippen LogP contribution is -2.46. The Balaban J connectivity index is 1.76. The predicted octanol–water partition coefficient (Wildman–Crippen LogP) is 4.99. The summed E-state index contributed by atoms with van der Waals surface area (Å²) in [6.45, 7) is 3.11. The Hall–Kier alpha value is -2.84. The SMILES string of the molecule is CCc1nc(Cl)c2n1CCN([C@@H](C(=O)NC)c1ccccc1)[C@H]2CCc1ccc(F)c(F)c1F. The van der Waals surface area contributed by atoms with Gasteiger partial charge in [-0.25, -0.2) is 18.2 Å². The van der Waals surface area contributed by atoms with Gasteiger partial charge in [-0.15, -0.1) is 0 Å². The average molecular weight is 491 g/mol. The first kappa shape index (κ1) is 24.3. The topological polar surface area (TPSA) is 50.2 Å². The van der Waals surface area contributed by atoms with E-state index in [4.69, 9.17) is 11.6 Å². The zero-order valence-corrected chi connectivity index (χ0v) is 19.7. The van der Waals surface area contributed by atoms with Crippen LogP contribution in [0.2, 0.25) is 5.15 Å². The van der Waals surface area contributed by atoms with E-state index in [1.165, 1.54) is 6.07 Å². The van der Waals surface area contributed by atoms with Crippen molar-refractivity contribution in [3.05, 3.63) is 87.7 Å². The monoisotopic (exact) mass is 490 g/mol. The van der Waals surface area contributed by atoms with Crippen LogP contribution in [0.25, 0.3) is 0 Å². The van der Waals surface area contributed by atoms with Gasteiger partial charge in [0.15, 0.2) is 22.6 Å². The van der Waals surface area contributed by atoms with E-state index in [0.717, 1.165) is 23.1 Å². The number of nitrogens with zero attached hydrogens (tertiary/aromatic N) is 3. The van der Waals surface area contributed by atoms with Gasteiger partial charge in [-0.1, -0.05) is 54.9 Å². The van der Waals surface area contributed by atoms with E-state index < -0.39 is 29.5 Å². The number of aromatic nitrogens is 2. The van der Waals surface area contributed by atoms with Gasteiger partial charge in [0.2, 0.25) is 5.91 Å². The summed E-state index contributed by atoms with van der Waals surface area (Å²) in [7, 11) is 1.58. The second-order valence-electron chi connectivity index (χ2n) is 8.26. The molecule has 5 nitrogen and oxygen atoms in total. The summed E-state index contributed by atoms with van der Waals surface area (Å²) in [5, 5.41) is 3.08. The van der Waals surface area contributed by atoms with Gasteiger partial charge < -0.3 is 9.88 Å². The van der Waals surface area contributed by atoms with Crippen molar-refractivity contribution < 1.29 is 18.0 Å². The number of nitrogens with one attached hydrogen (secondary N) is 1. The Bertz CT molecular complexity index is 1180. The van der Waals surface area contributed by atoms with Crippen molar-refractivity contribution in [2.45, 2.75) is 44.8 Å². The molecular weight excluding hydrogens is 465 g/mol. The van der Waals surface area contributed by atoms with Crippen LogP contribution in [0.15, 0.2) is 42.5 Å². The molecule has 34 heavy (non-hydrogen) atoms. The van der Waals surface area contributed by atoms with E-state index >= 15 is 0 Å². The largest absolute Gasteiger partial charge is 0.358 e. The first-order valence-electron chi connectivity index (χ1n) is 11.3. The smallest absolute Gasteiger partial charge is 0.241 e. The maximum Gasteiger partial charge on any atom is 0.241 e. The molecule has 1 aromatic heterocycles. The summed E-state index contributed by atoms with van der Waals surface area (Å²) in [4.78, 5) is 19.6. The van der Waals surface area contributed by atoms with Crippen molar-refractivity contribution in [1.82, 2.24) is 19.8 Å². The molecule has 0 radical (unpaired) electrons. The van der Waals surface area contributed by atoms with Crippen molar-refractivity contribution in [3.63, 3.8) is 0 Å². The summed E-state index contributed by atoms with van der Waals surface area (Å²) in [5.74, 6) is -3.25. The van der Waals surface area contributed by atoms with Crippen LogP contribution in [0.4, 0.5) is 13.2 Å². The van der Waals surface area contributed by atoms with Gasteiger partial charge in [0, 0.05) is 26.6 Å². The van der Waals surface area contributed by atoms with Gasteiger partial charge in [-0.05, 0) is 30.0 Å². The third kappa shape index (κ3) is 4.44. The molecule has 1 amide bonds. The quantitative estimate of drug-likeness (QED) is 0.474. The van der Waals surface area contributed by atoms with Crippen LogP contribution in [-0.2, 0) is 24.2 Å². The summed E-state index contributed by atoms with van der Waals surface area (Å²) in [5.41, 5.74) is 1.63. The zero-order chi connectivity index (χ0) is 24.4. The van der Waals surface area contributed by atoms with E-state index in [-0.39, 0.29) is 17.9 Å². The minimum Gasteiger partial charge on any atom is -0.358 e. The number of imidazole rings is 1. The standard InChI is InChI=1S/C25H26ClF3N4O/c1-3-19-31-24(26)23-18(12-10-15-9-11-17(27)21(29)20(15)28)32(13-14-33(19)23)22(25(34)30-2)16-7-5-4-6-8-16/h4-9,11,18,22H,3,10,12-14H2,1-2H3,(H,30,34)/t18-,22+/m0/s1. The molecule has 0 bridgehead atoms. The predicted molar refractivity (Wildman–Crippen MR) is 124 cm³/mol. The van der Waals surface area contributed by atoms with Gasteiger partial charge in [0.1, 0.15) is 11.9 Å².